The lowest BCUT2D eigenvalue weighted by atomic mass is 10.1. The third-order valence-electron chi connectivity index (χ3n) is 1.85. The van der Waals surface area contributed by atoms with Crippen molar-refractivity contribution in [2.75, 3.05) is 0 Å². The molecule has 16 heavy (non-hydrogen) atoms. The molecule has 1 aromatic heterocycles. The predicted molar refractivity (Wildman–Crippen MR) is 57.3 cm³/mol. The fourth-order valence-electron chi connectivity index (χ4n) is 1.10. The fraction of sp³-hybridized carbons (Fsp3) is 0.200. The Kier molecular flexibility index (Phi) is 4.05. The van der Waals surface area contributed by atoms with Gasteiger partial charge in [0.05, 0.1) is 0 Å². The van der Waals surface area contributed by atoms with Crippen LogP contribution in [-0.2, 0) is 16.0 Å². The monoisotopic (exact) mass is 237 g/mol. The summed E-state index contributed by atoms with van der Waals surface area (Å²) in [5.74, 6) is -1.13. The van der Waals surface area contributed by atoms with Crippen LogP contribution in [0.15, 0.2) is 18.3 Å². The van der Waals surface area contributed by atoms with Crippen molar-refractivity contribution < 1.29 is 14.4 Å². The number of carbonyl (C=O) groups is 2. The molecule has 0 aromatic carbocycles. The largest absolute Gasteiger partial charge is 0.400 e. The van der Waals surface area contributed by atoms with Gasteiger partial charge < -0.3 is 5.53 Å². The van der Waals surface area contributed by atoms with Crippen molar-refractivity contribution in [3.63, 3.8) is 0 Å². The van der Waals surface area contributed by atoms with Gasteiger partial charge in [0.25, 0.3) is 5.78 Å². The zero-order valence-corrected chi connectivity index (χ0v) is 9.23. The average molecular weight is 238 g/mol. The maximum Gasteiger partial charge on any atom is 0.400 e. The third kappa shape index (κ3) is 3.08. The molecule has 82 valence electrons. The first-order valence-corrected chi connectivity index (χ1v) is 4.79. The summed E-state index contributed by atoms with van der Waals surface area (Å²) in [5.41, 5.74) is 8.63. The van der Waals surface area contributed by atoms with Crippen LogP contribution in [0.2, 0.25) is 5.15 Å². The summed E-state index contributed by atoms with van der Waals surface area (Å²) in [4.78, 5) is 28.9. The Bertz CT molecular complexity index is 475. The molecular formula is C10H8ClN3O2. The molecule has 0 aliphatic carbocycles. The van der Waals surface area contributed by atoms with Gasteiger partial charge in [-0.1, -0.05) is 17.7 Å². The van der Waals surface area contributed by atoms with Crippen molar-refractivity contribution in [1.82, 2.24) is 4.98 Å². The number of hydrogen-bond acceptors (Lipinski definition) is 3. The van der Waals surface area contributed by atoms with Gasteiger partial charge in [0.15, 0.2) is 0 Å². The van der Waals surface area contributed by atoms with Crippen LogP contribution in [-0.4, -0.2) is 27.1 Å². The van der Waals surface area contributed by atoms with E-state index in [-0.39, 0.29) is 6.42 Å². The maximum atomic E-state index is 11.5. The van der Waals surface area contributed by atoms with Gasteiger partial charge in [0.2, 0.25) is 5.78 Å². The Morgan fingerprint density at radius 2 is 2.19 bits per heavy atom. The number of ketones is 2. The second-order valence-corrected chi connectivity index (χ2v) is 3.48. The fourth-order valence-corrected chi connectivity index (χ4v) is 1.21. The summed E-state index contributed by atoms with van der Waals surface area (Å²) in [6.45, 7) is 1.16. The molecule has 1 aromatic rings. The summed E-state index contributed by atoms with van der Waals surface area (Å²) in [6, 6.07) is 3.15. The topological polar surface area (TPSA) is 83.4 Å². The van der Waals surface area contributed by atoms with Crippen molar-refractivity contribution in [1.29, 1.82) is 0 Å². The zero-order chi connectivity index (χ0) is 12.1. The summed E-state index contributed by atoms with van der Waals surface area (Å²) >= 11 is 5.57. The van der Waals surface area contributed by atoms with Crippen LogP contribution in [0.25, 0.3) is 5.53 Å². The van der Waals surface area contributed by atoms with Crippen molar-refractivity contribution >= 4 is 28.9 Å². The Hall–Kier alpha value is -1.84. The van der Waals surface area contributed by atoms with E-state index in [0.29, 0.717) is 10.7 Å². The van der Waals surface area contributed by atoms with Gasteiger partial charge in [-0.15, -0.1) is 0 Å². The van der Waals surface area contributed by atoms with Crippen LogP contribution in [0.4, 0.5) is 0 Å². The highest BCUT2D eigenvalue weighted by molar-refractivity contribution is 6.63. The first kappa shape index (κ1) is 12.2. The third-order valence-corrected chi connectivity index (χ3v) is 2.07. The Labute approximate surface area is 96.7 Å². The van der Waals surface area contributed by atoms with Crippen molar-refractivity contribution in [3.05, 3.63) is 34.6 Å². The quantitative estimate of drug-likeness (QED) is 0.258. The SMILES string of the molecule is CC(=O)C(=[N+]=[N-])C(=O)Cc1ccc(Cl)nc1. The average Bonchev–Trinajstić information content (AvgIpc) is 2.22. The Balaban J connectivity index is 2.83. The molecule has 0 aliphatic rings. The van der Waals surface area contributed by atoms with Gasteiger partial charge in [-0.2, -0.15) is 4.79 Å². The van der Waals surface area contributed by atoms with Gasteiger partial charge >= 0.3 is 5.71 Å². The maximum absolute atomic E-state index is 11.5. The van der Waals surface area contributed by atoms with E-state index in [1.54, 1.807) is 6.07 Å². The highest BCUT2D eigenvalue weighted by Crippen LogP contribution is 2.06. The number of carbonyl (C=O) groups excluding carboxylic acids is 2. The van der Waals surface area contributed by atoms with E-state index >= 15 is 0 Å². The van der Waals surface area contributed by atoms with Crippen LogP contribution in [0.3, 0.4) is 0 Å². The van der Waals surface area contributed by atoms with Gasteiger partial charge in [-0.25, -0.2) is 4.98 Å². The van der Waals surface area contributed by atoms with Gasteiger partial charge in [0.1, 0.15) is 5.15 Å². The summed E-state index contributed by atoms with van der Waals surface area (Å²) in [7, 11) is 0. The minimum atomic E-state index is -0.575. The molecule has 0 atom stereocenters. The van der Waals surface area contributed by atoms with Gasteiger partial charge in [-0.05, 0) is 11.6 Å². The van der Waals surface area contributed by atoms with E-state index < -0.39 is 17.3 Å². The minimum absolute atomic E-state index is 0.0524. The molecule has 0 fully saturated rings. The first-order valence-electron chi connectivity index (χ1n) is 4.41. The highest BCUT2D eigenvalue weighted by Gasteiger charge is 2.25. The molecule has 0 aliphatic heterocycles. The van der Waals surface area contributed by atoms with Gasteiger partial charge in [0, 0.05) is 19.5 Å². The standard InChI is InChI=1S/C10H8ClN3O2/c1-6(15)10(14-12)8(16)4-7-2-3-9(11)13-5-7/h2-3,5H,4H2,1H3. The van der Waals surface area contributed by atoms with Crippen LogP contribution in [0, 0.1) is 0 Å². The molecule has 0 saturated heterocycles. The second kappa shape index (κ2) is 5.30. The number of aromatic nitrogens is 1. The lowest BCUT2D eigenvalue weighted by Gasteiger charge is -1.96. The van der Waals surface area contributed by atoms with E-state index in [0.717, 1.165) is 6.92 Å². The smallest absolute Gasteiger partial charge is 0.360 e. The lowest BCUT2D eigenvalue weighted by molar-refractivity contribution is -0.122. The molecule has 0 N–H and O–H groups in total. The normalized spacial score (nSPS) is 9.38. The molecule has 0 radical (unpaired) electrons. The molecule has 0 spiro atoms. The number of pyridine rings is 1. The highest BCUT2D eigenvalue weighted by atomic mass is 35.5. The summed E-state index contributed by atoms with van der Waals surface area (Å²) in [6.07, 6.45) is 1.37. The number of nitrogens with zero attached hydrogens (tertiary/aromatic N) is 3. The Morgan fingerprint density at radius 1 is 1.50 bits per heavy atom. The summed E-state index contributed by atoms with van der Waals surface area (Å²) < 4.78 is 0. The van der Waals surface area contributed by atoms with Crippen LogP contribution in [0.1, 0.15) is 12.5 Å². The van der Waals surface area contributed by atoms with Crippen LogP contribution in [0.5, 0.6) is 0 Å². The van der Waals surface area contributed by atoms with E-state index in [9.17, 15) is 9.59 Å². The number of rotatable bonds is 4. The molecular weight excluding hydrogens is 230 g/mol. The molecule has 6 heteroatoms. The molecule has 0 amide bonds. The molecule has 0 unspecified atom stereocenters. The number of halogens is 1. The first-order chi connectivity index (χ1) is 7.54. The van der Waals surface area contributed by atoms with Gasteiger partial charge in [-0.3, -0.25) is 9.59 Å². The van der Waals surface area contributed by atoms with Crippen molar-refractivity contribution in [3.8, 4) is 0 Å². The van der Waals surface area contributed by atoms with Crippen molar-refractivity contribution in [2.24, 2.45) is 0 Å². The van der Waals surface area contributed by atoms with E-state index in [4.69, 9.17) is 17.1 Å². The van der Waals surface area contributed by atoms with Crippen LogP contribution >= 0.6 is 11.6 Å². The zero-order valence-electron chi connectivity index (χ0n) is 8.48. The predicted octanol–water partition coefficient (Wildman–Crippen LogP) is 1.11. The summed E-state index contributed by atoms with van der Waals surface area (Å²) in [5, 5.41) is 0.318. The minimum Gasteiger partial charge on any atom is -0.360 e. The Morgan fingerprint density at radius 3 is 2.62 bits per heavy atom. The molecule has 1 rings (SSSR count). The van der Waals surface area contributed by atoms with Crippen LogP contribution < -0.4 is 0 Å². The second-order valence-electron chi connectivity index (χ2n) is 3.09. The number of Topliss-reactive ketones (excluding diaryl/α,β-unsaturated/α-hetero) is 2. The number of hydrogen-bond donors (Lipinski definition) is 0. The van der Waals surface area contributed by atoms with E-state index in [1.165, 1.54) is 12.3 Å². The molecule has 0 saturated carbocycles. The lowest BCUT2D eigenvalue weighted by Crippen LogP contribution is -2.24. The molecule has 0 bridgehead atoms. The molecule has 1 heterocycles. The van der Waals surface area contributed by atoms with Crippen molar-refractivity contribution in [2.45, 2.75) is 13.3 Å². The molecule has 5 nitrogen and oxygen atoms in total. The van der Waals surface area contributed by atoms with E-state index in [2.05, 4.69) is 9.77 Å². The van der Waals surface area contributed by atoms with E-state index in [1.807, 2.05) is 0 Å².